The number of hydrogen-bond donors (Lipinski definition) is 1. The summed E-state index contributed by atoms with van der Waals surface area (Å²) < 4.78 is 5.64. The van der Waals surface area contributed by atoms with E-state index in [1.807, 2.05) is 0 Å². The Bertz CT molecular complexity index is 365. The van der Waals surface area contributed by atoms with Gasteiger partial charge in [0.25, 0.3) is 0 Å². The molecular weight excluding hydrogens is 288 g/mol. The smallest absolute Gasteiger partial charge is 0.226 e. The van der Waals surface area contributed by atoms with Gasteiger partial charge in [-0.15, -0.1) is 12.4 Å². The lowest BCUT2D eigenvalue weighted by Crippen LogP contribution is -2.55. The summed E-state index contributed by atoms with van der Waals surface area (Å²) in [7, 11) is 0. The molecule has 0 aromatic rings. The van der Waals surface area contributed by atoms with Gasteiger partial charge in [0.2, 0.25) is 5.91 Å². The van der Waals surface area contributed by atoms with Gasteiger partial charge in [-0.3, -0.25) is 4.79 Å². The number of nitrogens with two attached hydrogens (primary N) is 1. The first-order valence-corrected chi connectivity index (χ1v) is 8.25. The van der Waals surface area contributed by atoms with E-state index in [0.717, 1.165) is 19.4 Å². The maximum atomic E-state index is 12.9. The van der Waals surface area contributed by atoms with Crippen molar-refractivity contribution in [3.63, 3.8) is 0 Å². The van der Waals surface area contributed by atoms with E-state index in [9.17, 15) is 4.79 Å². The first-order chi connectivity index (χ1) is 9.58. The van der Waals surface area contributed by atoms with Gasteiger partial charge in [0.05, 0.1) is 18.8 Å². The molecular formula is C16H29ClN2O2. The standard InChI is InChI=1S/C16H28N2O2.ClH/c1-10-11(2)20-7-6-18(10)16(19)14-8-12-4-3-5-13(9-14)15(12)17;/h10-15H,3-9,17H2,1-2H3;1H. The third kappa shape index (κ3) is 3.22. The van der Waals surface area contributed by atoms with Crippen LogP contribution in [0.2, 0.25) is 0 Å². The van der Waals surface area contributed by atoms with Crippen LogP contribution in [0.4, 0.5) is 0 Å². The highest BCUT2D eigenvalue weighted by Crippen LogP contribution is 2.42. The van der Waals surface area contributed by atoms with Crippen molar-refractivity contribution in [2.24, 2.45) is 23.5 Å². The molecule has 3 aliphatic rings. The summed E-state index contributed by atoms with van der Waals surface area (Å²) in [5, 5.41) is 0. The summed E-state index contributed by atoms with van der Waals surface area (Å²) in [5.74, 6) is 1.71. The van der Waals surface area contributed by atoms with Crippen molar-refractivity contribution in [3.8, 4) is 0 Å². The zero-order valence-electron chi connectivity index (χ0n) is 13.2. The van der Waals surface area contributed by atoms with Crippen LogP contribution in [0.15, 0.2) is 0 Å². The van der Waals surface area contributed by atoms with Crippen LogP contribution in [0.3, 0.4) is 0 Å². The molecule has 2 aliphatic carbocycles. The number of halogens is 1. The van der Waals surface area contributed by atoms with Gasteiger partial charge >= 0.3 is 0 Å². The van der Waals surface area contributed by atoms with Crippen LogP contribution in [0.5, 0.6) is 0 Å². The maximum absolute atomic E-state index is 12.9. The Morgan fingerprint density at radius 3 is 2.43 bits per heavy atom. The molecule has 4 atom stereocenters. The predicted molar refractivity (Wildman–Crippen MR) is 85.4 cm³/mol. The molecule has 2 bridgehead atoms. The average molecular weight is 317 g/mol. The lowest BCUT2D eigenvalue weighted by atomic mass is 9.65. The molecule has 1 amide bonds. The van der Waals surface area contributed by atoms with Gasteiger partial charge in [-0.05, 0) is 51.4 Å². The predicted octanol–water partition coefficient (Wildman–Crippen LogP) is 2.20. The first-order valence-electron chi connectivity index (χ1n) is 8.25. The van der Waals surface area contributed by atoms with Crippen molar-refractivity contribution >= 4 is 18.3 Å². The van der Waals surface area contributed by atoms with E-state index >= 15 is 0 Å². The van der Waals surface area contributed by atoms with Gasteiger partial charge < -0.3 is 15.4 Å². The van der Waals surface area contributed by atoms with Crippen molar-refractivity contribution in [1.29, 1.82) is 0 Å². The lowest BCUT2D eigenvalue weighted by molar-refractivity contribution is -0.151. The number of carbonyl (C=O) groups is 1. The Balaban J connectivity index is 0.00000161. The molecule has 3 rings (SSSR count). The molecule has 0 radical (unpaired) electrons. The number of amides is 1. The quantitative estimate of drug-likeness (QED) is 0.807. The van der Waals surface area contributed by atoms with E-state index in [1.165, 1.54) is 19.3 Å². The Hall–Kier alpha value is -0.320. The second-order valence-corrected chi connectivity index (χ2v) is 7.04. The molecule has 4 nitrogen and oxygen atoms in total. The van der Waals surface area contributed by atoms with Crippen molar-refractivity contribution in [2.75, 3.05) is 13.2 Å². The fourth-order valence-electron chi connectivity index (χ4n) is 4.47. The molecule has 2 N–H and O–H groups in total. The Morgan fingerprint density at radius 2 is 1.81 bits per heavy atom. The van der Waals surface area contributed by atoms with Crippen LogP contribution in [-0.4, -0.2) is 42.1 Å². The largest absolute Gasteiger partial charge is 0.375 e. The molecule has 0 aromatic heterocycles. The monoisotopic (exact) mass is 316 g/mol. The average Bonchev–Trinajstić information content (AvgIpc) is 2.41. The molecule has 0 aromatic carbocycles. The van der Waals surface area contributed by atoms with E-state index in [-0.39, 0.29) is 30.5 Å². The Kier molecular flexibility index (Phi) is 5.55. The fourth-order valence-corrected chi connectivity index (χ4v) is 4.47. The highest BCUT2D eigenvalue weighted by molar-refractivity contribution is 5.85. The van der Waals surface area contributed by atoms with Gasteiger partial charge in [-0.25, -0.2) is 0 Å². The lowest BCUT2D eigenvalue weighted by Gasteiger charge is -2.46. The van der Waals surface area contributed by atoms with E-state index in [4.69, 9.17) is 10.5 Å². The third-order valence-electron chi connectivity index (χ3n) is 5.93. The summed E-state index contributed by atoms with van der Waals surface area (Å²) >= 11 is 0. The molecule has 0 spiro atoms. The summed E-state index contributed by atoms with van der Waals surface area (Å²) in [6.45, 7) is 5.60. The molecule has 1 heterocycles. The Morgan fingerprint density at radius 1 is 1.19 bits per heavy atom. The van der Waals surface area contributed by atoms with Gasteiger partial charge in [0.15, 0.2) is 0 Å². The highest BCUT2D eigenvalue weighted by Gasteiger charge is 2.43. The summed E-state index contributed by atoms with van der Waals surface area (Å²) in [6, 6.07) is 0.542. The number of morpholine rings is 1. The fraction of sp³-hybridized carbons (Fsp3) is 0.938. The SMILES string of the molecule is CC1OCCN(C(=O)C2CC3CCCC(C2)C3N)C1C.Cl. The minimum absolute atomic E-state index is 0. The molecule has 1 aliphatic heterocycles. The molecule has 5 heteroatoms. The number of rotatable bonds is 1. The van der Waals surface area contributed by atoms with E-state index in [0.29, 0.717) is 30.4 Å². The summed E-state index contributed by atoms with van der Waals surface area (Å²) in [4.78, 5) is 14.9. The number of nitrogens with zero attached hydrogens (tertiary/aromatic N) is 1. The van der Waals surface area contributed by atoms with Crippen LogP contribution in [0, 0.1) is 17.8 Å². The number of ether oxygens (including phenoxy) is 1. The molecule has 1 saturated heterocycles. The van der Waals surface area contributed by atoms with Crippen molar-refractivity contribution < 1.29 is 9.53 Å². The molecule has 4 unspecified atom stereocenters. The number of carbonyl (C=O) groups excluding carboxylic acids is 1. The van der Waals surface area contributed by atoms with Crippen LogP contribution >= 0.6 is 12.4 Å². The Labute approximate surface area is 134 Å². The van der Waals surface area contributed by atoms with Crippen LogP contribution < -0.4 is 5.73 Å². The number of fused-ring (bicyclic) bond motifs is 2. The van der Waals surface area contributed by atoms with Crippen molar-refractivity contribution in [3.05, 3.63) is 0 Å². The van der Waals surface area contributed by atoms with Crippen molar-refractivity contribution in [2.45, 2.75) is 64.1 Å². The highest BCUT2D eigenvalue weighted by atomic mass is 35.5. The first kappa shape index (κ1) is 17.0. The molecule has 122 valence electrons. The molecule has 3 fully saturated rings. The minimum Gasteiger partial charge on any atom is -0.375 e. The van der Waals surface area contributed by atoms with E-state index in [2.05, 4.69) is 18.7 Å². The van der Waals surface area contributed by atoms with Gasteiger partial charge in [0, 0.05) is 18.5 Å². The van der Waals surface area contributed by atoms with Crippen LogP contribution in [0.1, 0.15) is 46.0 Å². The van der Waals surface area contributed by atoms with Gasteiger partial charge in [-0.1, -0.05) is 6.42 Å². The summed E-state index contributed by atoms with van der Waals surface area (Å²) in [5.41, 5.74) is 6.33. The topological polar surface area (TPSA) is 55.6 Å². The van der Waals surface area contributed by atoms with Gasteiger partial charge in [-0.2, -0.15) is 0 Å². The second kappa shape index (κ2) is 6.84. The van der Waals surface area contributed by atoms with E-state index < -0.39 is 0 Å². The molecule has 2 saturated carbocycles. The van der Waals surface area contributed by atoms with E-state index in [1.54, 1.807) is 0 Å². The normalized spacial score (nSPS) is 43.1. The third-order valence-corrected chi connectivity index (χ3v) is 5.93. The zero-order valence-corrected chi connectivity index (χ0v) is 14.0. The van der Waals surface area contributed by atoms with Crippen molar-refractivity contribution in [1.82, 2.24) is 4.90 Å². The van der Waals surface area contributed by atoms with Gasteiger partial charge in [0.1, 0.15) is 0 Å². The minimum atomic E-state index is 0. The zero-order chi connectivity index (χ0) is 14.3. The van der Waals surface area contributed by atoms with Crippen LogP contribution in [-0.2, 0) is 9.53 Å². The molecule has 21 heavy (non-hydrogen) atoms. The second-order valence-electron chi connectivity index (χ2n) is 7.04. The number of hydrogen-bond acceptors (Lipinski definition) is 3. The van der Waals surface area contributed by atoms with Crippen LogP contribution in [0.25, 0.3) is 0 Å². The summed E-state index contributed by atoms with van der Waals surface area (Å²) in [6.07, 6.45) is 5.91. The maximum Gasteiger partial charge on any atom is 0.226 e.